The standard InChI is InChI=1S/C14H21NO2/c1-11(9-13-7-5-4-6-8-13)10-15(3)12(2)14(16)17/h4-8,11-12H,9-10H2,1-3H3,(H,16,17). The normalized spacial score (nSPS) is 14.6. The first-order chi connectivity index (χ1) is 8.00. The fourth-order valence-electron chi connectivity index (χ4n) is 1.92. The van der Waals surface area contributed by atoms with Gasteiger partial charge in [0, 0.05) is 6.54 Å². The van der Waals surface area contributed by atoms with Crippen LogP contribution in [0.4, 0.5) is 0 Å². The lowest BCUT2D eigenvalue weighted by Crippen LogP contribution is -2.38. The molecule has 2 unspecified atom stereocenters. The summed E-state index contributed by atoms with van der Waals surface area (Å²) in [6.07, 6.45) is 0.984. The monoisotopic (exact) mass is 235 g/mol. The van der Waals surface area contributed by atoms with Gasteiger partial charge in [-0.15, -0.1) is 0 Å². The summed E-state index contributed by atoms with van der Waals surface area (Å²) >= 11 is 0. The van der Waals surface area contributed by atoms with Crippen molar-refractivity contribution in [2.24, 2.45) is 5.92 Å². The number of benzene rings is 1. The van der Waals surface area contributed by atoms with E-state index in [4.69, 9.17) is 5.11 Å². The molecule has 2 atom stereocenters. The lowest BCUT2D eigenvalue weighted by atomic mass is 10.0. The lowest BCUT2D eigenvalue weighted by Gasteiger charge is -2.24. The molecule has 17 heavy (non-hydrogen) atoms. The number of nitrogens with zero attached hydrogens (tertiary/aromatic N) is 1. The summed E-state index contributed by atoms with van der Waals surface area (Å²) in [6.45, 7) is 4.66. The summed E-state index contributed by atoms with van der Waals surface area (Å²) < 4.78 is 0. The number of carbonyl (C=O) groups is 1. The zero-order chi connectivity index (χ0) is 12.8. The van der Waals surface area contributed by atoms with Gasteiger partial charge in [0.25, 0.3) is 0 Å². The number of aliphatic carboxylic acids is 1. The molecule has 0 saturated carbocycles. The van der Waals surface area contributed by atoms with Gasteiger partial charge >= 0.3 is 5.97 Å². The minimum Gasteiger partial charge on any atom is -0.480 e. The van der Waals surface area contributed by atoms with Crippen LogP contribution < -0.4 is 0 Å². The SMILES string of the molecule is CC(Cc1ccccc1)CN(C)C(C)C(=O)O. The predicted molar refractivity (Wildman–Crippen MR) is 69.0 cm³/mol. The zero-order valence-electron chi connectivity index (χ0n) is 10.8. The molecule has 1 aromatic carbocycles. The third-order valence-corrected chi connectivity index (χ3v) is 3.05. The maximum Gasteiger partial charge on any atom is 0.320 e. The largest absolute Gasteiger partial charge is 0.480 e. The molecule has 0 saturated heterocycles. The molecule has 3 heteroatoms. The van der Waals surface area contributed by atoms with Gasteiger partial charge in [-0.3, -0.25) is 9.69 Å². The van der Waals surface area contributed by atoms with Gasteiger partial charge in [0.15, 0.2) is 0 Å². The van der Waals surface area contributed by atoms with E-state index in [0.29, 0.717) is 5.92 Å². The topological polar surface area (TPSA) is 40.5 Å². The van der Waals surface area contributed by atoms with E-state index in [1.807, 2.05) is 30.1 Å². The average Bonchev–Trinajstić information content (AvgIpc) is 2.28. The van der Waals surface area contributed by atoms with E-state index in [1.165, 1.54) is 5.56 Å². The van der Waals surface area contributed by atoms with Crippen molar-refractivity contribution in [3.05, 3.63) is 35.9 Å². The molecule has 3 nitrogen and oxygen atoms in total. The number of likely N-dealkylation sites (N-methyl/N-ethyl adjacent to an activating group) is 1. The Bertz CT molecular complexity index is 350. The first-order valence-electron chi connectivity index (χ1n) is 5.97. The molecule has 0 aliphatic rings. The zero-order valence-corrected chi connectivity index (χ0v) is 10.8. The van der Waals surface area contributed by atoms with Crippen LogP contribution in [0.2, 0.25) is 0 Å². The van der Waals surface area contributed by atoms with Crippen molar-refractivity contribution in [3.63, 3.8) is 0 Å². The minimum atomic E-state index is -0.764. The van der Waals surface area contributed by atoms with E-state index in [2.05, 4.69) is 19.1 Å². The van der Waals surface area contributed by atoms with Gasteiger partial charge in [-0.2, -0.15) is 0 Å². The fourth-order valence-corrected chi connectivity index (χ4v) is 1.92. The second-order valence-electron chi connectivity index (χ2n) is 4.75. The molecule has 1 N–H and O–H groups in total. The molecule has 0 aliphatic carbocycles. The molecule has 0 spiro atoms. The van der Waals surface area contributed by atoms with E-state index >= 15 is 0 Å². The van der Waals surface area contributed by atoms with Crippen LogP contribution in [0.1, 0.15) is 19.4 Å². The van der Waals surface area contributed by atoms with Crippen molar-refractivity contribution < 1.29 is 9.90 Å². The number of hydrogen-bond acceptors (Lipinski definition) is 2. The van der Waals surface area contributed by atoms with Crippen LogP contribution in [-0.2, 0) is 11.2 Å². The third kappa shape index (κ3) is 4.57. The summed E-state index contributed by atoms with van der Waals surface area (Å²) in [5.41, 5.74) is 1.30. The lowest BCUT2D eigenvalue weighted by molar-refractivity contribution is -0.142. The van der Waals surface area contributed by atoms with Gasteiger partial charge in [-0.25, -0.2) is 0 Å². The highest BCUT2D eigenvalue weighted by atomic mass is 16.4. The number of rotatable bonds is 6. The van der Waals surface area contributed by atoms with Crippen molar-refractivity contribution in [1.82, 2.24) is 4.90 Å². The van der Waals surface area contributed by atoms with Crippen LogP contribution in [0.5, 0.6) is 0 Å². The highest BCUT2D eigenvalue weighted by Gasteiger charge is 2.18. The second-order valence-corrected chi connectivity index (χ2v) is 4.75. The summed E-state index contributed by atoms with van der Waals surface area (Å²) in [7, 11) is 1.86. The summed E-state index contributed by atoms with van der Waals surface area (Å²) in [6, 6.07) is 9.87. The number of carboxylic acids is 1. The Hall–Kier alpha value is -1.35. The van der Waals surface area contributed by atoms with Crippen LogP contribution >= 0.6 is 0 Å². The number of hydrogen-bond donors (Lipinski definition) is 1. The maximum atomic E-state index is 10.8. The van der Waals surface area contributed by atoms with Gasteiger partial charge < -0.3 is 5.11 Å². The molecule has 1 aromatic rings. The van der Waals surface area contributed by atoms with Crippen LogP contribution in [0, 0.1) is 5.92 Å². The van der Waals surface area contributed by atoms with E-state index in [0.717, 1.165) is 13.0 Å². The molecule has 94 valence electrons. The first-order valence-corrected chi connectivity index (χ1v) is 5.97. The van der Waals surface area contributed by atoms with Crippen molar-refractivity contribution in [1.29, 1.82) is 0 Å². The Kier molecular flexibility index (Phi) is 5.16. The van der Waals surface area contributed by atoms with E-state index < -0.39 is 12.0 Å². The summed E-state index contributed by atoms with van der Waals surface area (Å²) in [4.78, 5) is 12.7. The van der Waals surface area contributed by atoms with E-state index in [9.17, 15) is 4.79 Å². The van der Waals surface area contributed by atoms with E-state index in [1.54, 1.807) is 6.92 Å². The smallest absolute Gasteiger partial charge is 0.320 e. The highest BCUT2D eigenvalue weighted by molar-refractivity contribution is 5.72. The van der Waals surface area contributed by atoms with Crippen molar-refractivity contribution in [3.8, 4) is 0 Å². The van der Waals surface area contributed by atoms with Gasteiger partial charge in [0.2, 0.25) is 0 Å². The van der Waals surface area contributed by atoms with Crippen molar-refractivity contribution in [2.45, 2.75) is 26.3 Å². The Morgan fingerprint density at radius 3 is 2.41 bits per heavy atom. The Balaban J connectivity index is 2.44. The fraction of sp³-hybridized carbons (Fsp3) is 0.500. The minimum absolute atomic E-state index is 0.423. The molecule has 0 amide bonds. The van der Waals surface area contributed by atoms with Gasteiger partial charge in [-0.1, -0.05) is 37.3 Å². The average molecular weight is 235 g/mol. The molecule has 0 aromatic heterocycles. The van der Waals surface area contributed by atoms with Gasteiger partial charge in [0.05, 0.1) is 0 Å². The maximum absolute atomic E-state index is 10.8. The summed E-state index contributed by atoms with van der Waals surface area (Å²) in [5.74, 6) is -0.316. The Morgan fingerprint density at radius 2 is 1.88 bits per heavy atom. The molecule has 0 heterocycles. The van der Waals surface area contributed by atoms with Crippen LogP contribution in [-0.4, -0.2) is 35.6 Å². The van der Waals surface area contributed by atoms with Gasteiger partial charge in [0.1, 0.15) is 6.04 Å². The van der Waals surface area contributed by atoms with Crippen molar-refractivity contribution in [2.75, 3.05) is 13.6 Å². The van der Waals surface area contributed by atoms with Crippen LogP contribution in [0.25, 0.3) is 0 Å². The molecular formula is C14H21NO2. The number of carboxylic acid groups (broad SMARTS) is 1. The Morgan fingerprint density at radius 1 is 1.29 bits per heavy atom. The molecule has 0 radical (unpaired) electrons. The molecule has 0 aliphatic heterocycles. The summed E-state index contributed by atoms with van der Waals surface area (Å²) in [5, 5.41) is 8.91. The predicted octanol–water partition coefficient (Wildman–Crippen LogP) is 2.27. The highest BCUT2D eigenvalue weighted by Crippen LogP contribution is 2.10. The quantitative estimate of drug-likeness (QED) is 0.822. The van der Waals surface area contributed by atoms with Gasteiger partial charge in [-0.05, 0) is 31.9 Å². The Labute approximate surface area is 103 Å². The molecular weight excluding hydrogens is 214 g/mol. The molecule has 0 bridgehead atoms. The van der Waals surface area contributed by atoms with Crippen molar-refractivity contribution >= 4 is 5.97 Å². The first kappa shape index (κ1) is 13.7. The van der Waals surface area contributed by atoms with Crippen LogP contribution in [0.15, 0.2) is 30.3 Å². The second kappa shape index (κ2) is 6.40. The molecule has 1 rings (SSSR count). The molecule has 0 fully saturated rings. The third-order valence-electron chi connectivity index (χ3n) is 3.05. The van der Waals surface area contributed by atoms with Crippen LogP contribution in [0.3, 0.4) is 0 Å². The van der Waals surface area contributed by atoms with E-state index in [-0.39, 0.29) is 0 Å².